The maximum Gasteiger partial charge on any atom is 0.508 e. The SMILES string of the molecule is O=C(OCC1c2ccccc2-c2ccccc21)O[C@H]1[C@H](OCc2ccccc2)[C@@H](N2C(=O)c3ccccc3C2=O)[C@H]([O-])O[C@@H]1COCc1ccccc1. The second-order valence-electron chi connectivity index (χ2n) is 13.2. The molecule has 0 radical (unpaired) electrons. The quantitative estimate of drug-likeness (QED) is 0.122. The molecule has 10 heteroatoms. The molecule has 5 aromatic carbocycles. The van der Waals surface area contributed by atoms with E-state index in [4.69, 9.17) is 23.7 Å². The van der Waals surface area contributed by atoms with Gasteiger partial charge in [0.05, 0.1) is 37.0 Å². The average Bonchev–Trinajstić information content (AvgIpc) is 3.65. The molecule has 268 valence electrons. The number of carbonyl (C=O) groups excluding carboxylic acids is 3. The molecular weight excluding hydrogens is 674 g/mol. The van der Waals surface area contributed by atoms with E-state index >= 15 is 0 Å². The normalized spacial score (nSPS) is 21.9. The third kappa shape index (κ3) is 6.85. The Kier molecular flexibility index (Phi) is 9.84. The van der Waals surface area contributed by atoms with Crippen LogP contribution in [-0.4, -0.2) is 66.7 Å². The van der Waals surface area contributed by atoms with E-state index < -0.39 is 48.6 Å². The molecule has 0 aromatic heterocycles. The number of carbonyl (C=O) groups is 3. The molecule has 2 heterocycles. The van der Waals surface area contributed by atoms with Crippen LogP contribution in [0.2, 0.25) is 0 Å². The van der Waals surface area contributed by atoms with Crippen molar-refractivity contribution in [1.82, 2.24) is 4.90 Å². The van der Waals surface area contributed by atoms with Crippen LogP contribution in [-0.2, 0) is 36.9 Å². The summed E-state index contributed by atoms with van der Waals surface area (Å²) in [4.78, 5) is 42.1. The van der Waals surface area contributed by atoms with Crippen molar-refractivity contribution in [2.75, 3.05) is 13.2 Å². The zero-order valence-corrected chi connectivity index (χ0v) is 28.6. The Bertz CT molecular complexity index is 2030. The number of hydrogen-bond acceptors (Lipinski definition) is 9. The maximum atomic E-state index is 14.1. The minimum atomic E-state index is -1.95. The zero-order valence-electron chi connectivity index (χ0n) is 28.6. The molecule has 0 saturated carbocycles. The van der Waals surface area contributed by atoms with Gasteiger partial charge in [-0.1, -0.05) is 121 Å². The van der Waals surface area contributed by atoms with Crippen molar-refractivity contribution in [1.29, 1.82) is 0 Å². The summed E-state index contributed by atoms with van der Waals surface area (Å²) in [7, 11) is 0. The van der Waals surface area contributed by atoms with Crippen molar-refractivity contribution < 1.29 is 43.2 Å². The summed E-state index contributed by atoms with van der Waals surface area (Å²) in [5.41, 5.74) is 6.16. The van der Waals surface area contributed by atoms with Crippen LogP contribution in [0.1, 0.15) is 48.9 Å². The predicted octanol–water partition coefficient (Wildman–Crippen LogP) is 5.87. The zero-order chi connectivity index (χ0) is 36.3. The highest BCUT2D eigenvalue weighted by molar-refractivity contribution is 6.21. The summed E-state index contributed by atoms with van der Waals surface area (Å²) in [6.45, 7) is 0.00541. The summed E-state index contributed by atoms with van der Waals surface area (Å²) in [5, 5.41) is 14.1. The van der Waals surface area contributed by atoms with Gasteiger partial charge in [-0.25, -0.2) is 4.79 Å². The summed E-state index contributed by atoms with van der Waals surface area (Å²) < 4.78 is 30.3. The van der Waals surface area contributed by atoms with E-state index in [1.165, 1.54) is 12.1 Å². The van der Waals surface area contributed by atoms with Crippen LogP contribution in [0.25, 0.3) is 11.1 Å². The smallest absolute Gasteiger partial charge is 0.508 e. The first-order chi connectivity index (χ1) is 26.0. The predicted molar refractivity (Wildman–Crippen MR) is 190 cm³/mol. The number of imide groups is 1. The Morgan fingerprint density at radius 2 is 1.13 bits per heavy atom. The number of fused-ring (bicyclic) bond motifs is 4. The number of hydrogen-bond donors (Lipinski definition) is 0. The lowest BCUT2D eigenvalue weighted by Crippen LogP contribution is -2.69. The Balaban J connectivity index is 1.09. The van der Waals surface area contributed by atoms with Crippen LogP contribution in [0.4, 0.5) is 4.79 Å². The van der Waals surface area contributed by atoms with Gasteiger partial charge in [-0.15, -0.1) is 0 Å². The molecule has 5 aromatic rings. The Labute approximate surface area is 306 Å². The lowest BCUT2D eigenvalue weighted by Gasteiger charge is -2.50. The molecule has 0 spiro atoms. The first-order valence-corrected chi connectivity index (χ1v) is 17.5. The molecule has 0 unspecified atom stereocenters. The van der Waals surface area contributed by atoms with Crippen LogP contribution in [0, 0.1) is 0 Å². The summed E-state index contributed by atoms with van der Waals surface area (Å²) in [5.74, 6) is -1.55. The second-order valence-corrected chi connectivity index (χ2v) is 13.2. The fraction of sp³-hybridized carbons (Fsp3) is 0.233. The first-order valence-electron chi connectivity index (χ1n) is 17.5. The monoisotopic (exact) mass is 710 g/mol. The fourth-order valence-corrected chi connectivity index (χ4v) is 7.48. The van der Waals surface area contributed by atoms with E-state index in [-0.39, 0.29) is 43.5 Å². The number of benzene rings is 5. The molecule has 2 aliphatic heterocycles. The van der Waals surface area contributed by atoms with Crippen molar-refractivity contribution in [2.45, 2.75) is 49.8 Å². The second kappa shape index (κ2) is 15.1. The third-order valence-corrected chi connectivity index (χ3v) is 9.98. The molecule has 10 nitrogen and oxygen atoms in total. The molecule has 1 saturated heterocycles. The summed E-state index contributed by atoms with van der Waals surface area (Å²) >= 11 is 0. The van der Waals surface area contributed by atoms with Gasteiger partial charge in [0.1, 0.15) is 18.8 Å². The van der Waals surface area contributed by atoms with Crippen LogP contribution < -0.4 is 5.11 Å². The molecule has 3 aliphatic rings. The molecule has 8 rings (SSSR count). The van der Waals surface area contributed by atoms with Gasteiger partial charge in [0.25, 0.3) is 11.8 Å². The highest BCUT2D eigenvalue weighted by Gasteiger charge is 2.53. The lowest BCUT2D eigenvalue weighted by molar-refractivity contribution is -0.524. The minimum Gasteiger partial charge on any atom is -0.829 e. The third-order valence-electron chi connectivity index (χ3n) is 9.98. The van der Waals surface area contributed by atoms with Crippen LogP contribution in [0.5, 0.6) is 0 Å². The van der Waals surface area contributed by atoms with E-state index in [2.05, 4.69) is 0 Å². The van der Waals surface area contributed by atoms with Crippen molar-refractivity contribution >= 4 is 18.0 Å². The van der Waals surface area contributed by atoms with Gasteiger partial charge in [-0.3, -0.25) is 14.5 Å². The van der Waals surface area contributed by atoms with Crippen LogP contribution in [0.3, 0.4) is 0 Å². The number of rotatable bonds is 11. The maximum absolute atomic E-state index is 14.1. The fourth-order valence-electron chi connectivity index (χ4n) is 7.48. The van der Waals surface area contributed by atoms with Crippen molar-refractivity contribution in [3.05, 3.63) is 167 Å². The van der Waals surface area contributed by atoms with Gasteiger partial charge < -0.3 is 28.8 Å². The van der Waals surface area contributed by atoms with Crippen molar-refractivity contribution in [2.24, 2.45) is 0 Å². The largest absolute Gasteiger partial charge is 0.829 e. The Hall–Kier alpha value is -5.65. The summed E-state index contributed by atoms with van der Waals surface area (Å²) in [6.07, 6.45) is -6.73. The van der Waals surface area contributed by atoms with Gasteiger partial charge >= 0.3 is 6.16 Å². The molecule has 53 heavy (non-hydrogen) atoms. The number of nitrogens with zero attached hydrogens (tertiary/aromatic N) is 1. The standard InChI is InChI=1S/C43H36NO9/c45-40-33-21-11-12-22-34(33)41(46)44(40)37-39(50-24-28-15-5-2-6-16-28)38(36(52-42(37)47)26-49-23-27-13-3-1-4-14-27)53-43(48)51-25-35-31-19-9-7-17-29(31)30-18-8-10-20-32(30)35/h1-22,35-39,42H,23-26H2/q-1/t36-,37-,38-,39-,42-/m1/s1. The summed E-state index contributed by atoms with van der Waals surface area (Å²) in [6, 6.07) is 39.5. The highest BCUT2D eigenvalue weighted by atomic mass is 16.7. The molecule has 1 fully saturated rings. The molecule has 1 aliphatic carbocycles. The van der Waals surface area contributed by atoms with Gasteiger partial charge in [0.15, 0.2) is 6.10 Å². The van der Waals surface area contributed by atoms with Crippen molar-refractivity contribution in [3.8, 4) is 11.1 Å². The lowest BCUT2D eigenvalue weighted by atomic mass is 9.95. The number of ether oxygens (including phenoxy) is 5. The van der Waals surface area contributed by atoms with E-state index in [9.17, 15) is 19.5 Å². The molecule has 0 bridgehead atoms. The molecule has 2 amide bonds. The van der Waals surface area contributed by atoms with Crippen molar-refractivity contribution in [3.63, 3.8) is 0 Å². The molecular formula is C43H36NO9-. The first kappa shape index (κ1) is 34.4. The highest BCUT2D eigenvalue weighted by Crippen LogP contribution is 2.44. The molecule has 5 atom stereocenters. The van der Waals surface area contributed by atoms with Crippen LogP contribution in [0.15, 0.2) is 133 Å². The van der Waals surface area contributed by atoms with Crippen LogP contribution >= 0.6 is 0 Å². The molecule has 0 N–H and O–H groups in total. The van der Waals surface area contributed by atoms with Gasteiger partial charge in [0, 0.05) is 12.2 Å². The Morgan fingerprint density at radius 1 is 0.623 bits per heavy atom. The number of amides is 2. The van der Waals surface area contributed by atoms with Gasteiger partial charge in [-0.05, 0) is 45.5 Å². The Morgan fingerprint density at radius 3 is 1.72 bits per heavy atom. The van der Waals surface area contributed by atoms with E-state index in [0.717, 1.165) is 38.3 Å². The topological polar surface area (TPSA) is 124 Å². The van der Waals surface area contributed by atoms with Gasteiger partial charge in [-0.2, -0.15) is 0 Å². The van der Waals surface area contributed by atoms with Gasteiger partial charge in [0.2, 0.25) is 0 Å². The average molecular weight is 711 g/mol. The van der Waals surface area contributed by atoms with E-state index in [0.29, 0.717) is 0 Å². The van der Waals surface area contributed by atoms with E-state index in [1.54, 1.807) is 12.1 Å². The van der Waals surface area contributed by atoms with E-state index in [1.807, 2.05) is 109 Å². The minimum absolute atomic E-state index is 0.0139.